The average molecular weight is 387 g/mol. The van der Waals surface area contributed by atoms with Crippen LogP contribution < -0.4 is 5.69 Å². The highest BCUT2D eigenvalue weighted by Gasteiger charge is 2.37. The van der Waals surface area contributed by atoms with Crippen molar-refractivity contribution in [3.63, 3.8) is 0 Å². The standard InChI is InChI=1S/C21H27ClN4O/c1-14-3-7-21(2,8-4-14)25-9-5-16(6-10-25)26-19-11-15(13-23)17(22)12-18(19)24-20(26)27/h11-12,14,16H,3-10H2,1-2H3,(H,24,27)/t14-,21-. The molecule has 6 heteroatoms. The van der Waals surface area contributed by atoms with Gasteiger partial charge in [0.1, 0.15) is 6.07 Å². The molecule has 1 aliphatic heterocycles. The third-order valence-corrected chi connectivity index (χ3v) is 7.18. The highest BCUT2D eigenvalue weighted by Crippen LogP contribution is 2.39. The Labute approximate surface area is 164 Å². The van der Waals surface area contributed by atoms with E-state index in [4.69, 9.17) is 11.6 Å². The highest BCUT2D eigenvalue weighted by atomic mass is 35.5. The number of aromatic amines is 1. The van der Waals surface area contributed by atoms with E-state index in [9.17, 15) is 10.1 Å². The fourth-order valence-corrected chi connectivity index (χ4v) is 5.16. The predicted molar refractivity (Wildman–Crippen MR) is 108 cm³/mol. The number of halogens is 1. The molecule has 2 heterocycles. The normalized spacial score (nSPS) is 27.7. The Hall–Kier alpha value is -1.77. The number of likely N-dealkylation sites (tertiary alicyclic amines) is 1. The topological polar surface area (TPSA) is 64.8 Å². The second kappa shape index (κ2) is 7.00. The van der Waals surface area contributed by atoms with E-state index in [2.05, 4.69) is 29.8 Å². The number of piperidine rings is 1. The maximum Gasteiger partial charge on any atom is 0.326 e. The molecule has 1 aliphatic carbocycles. The van der Waals surface area contributed by atoms with Gasteiger partial charge in [-0.1, -0.05) is 18.5 Å². The van der Waals surface area contributed by atoms with E-state index >= 15 is 0 Å². The Kier molecular flexibility index (Phi) is 4.82. The number of H-pyrrole nitrogens is 1. The summed E-state index contributed by atoms with van der Waals surface area (Å²) >= 11 is 6.12. The van der Waals surface area contributed by atoms with Gasteiger partial charge in [-0.05, 0) is 63.5 Å². The first-order valence-electron chi connectivity index (χ1n) is 10.0. The van der Waals surface area contributed by atoms with Crippen LogP contribution in [0.1, 0.15) is 64.0 Å². The van der Waals surface area contributed by atoms with Crippen LogP contribution in [0.15, 0.2) is 16.9 Å². The molecule has 2 fully saturated rings. The zero-order valence-electron chi connectivity index (χ0n) is 16.1. The first kappa shape index (κ1) is 18.6. The minimum atomic E-state index is -0.104. The SMILES string of the molecule is C[C@H]1CC[C@](C)(N2CCC(n3c(=O)[nH]c4cc(Cl)c(C#N)cc43)CC2)CC1. The molecule has 0 radical (unpaired) electrons. The van der Waals surface area contributed by atoms with E-state index in [0.29, 0.717) is 21.6 Å². The van der Waals surface area contributed by atoms with Crippen LogP contribution in [-0.2, 0) is 0 Å². The summed E-state index contributed by atoms with van der Waals surface area (Å²) < 4.78 is 1.84. The van der Waals surface area contributed by atoms with Gasteiger partial charge < -0.3 is 4.98 Å². The second-order valence-electron chi connectivity index (χ2n) is 8.66. The number of imidazole rings is 1. The van der Waals surface area contributed by atoms with Crippen LogP contribution in [0.25, 0.3) is 11.0 Å². The minimum absolute atomic E-state index is 0.104. The molecule has 0 bridgehead atoms. The lowest BCUT2D eigenvalue weighted by molar-refractivity contribution is 0.0263. The molecule has 5 nitrogen and oxygen atoms in total. The fourth-order valence-electron chi connectivity index (χ4n) is 4.96. The first-order chi connectivity index (χ1) is 12.9. The van der Waals surface area contributed by atoms with E-state index in [0.717, 1.165) is 37.4 Å². The lowest BCUT2D eigenvalue weighted by Gasteiger charge is -2.48. The van der Waals surface area contributed by atoms with Crippen LogP contribution in [0.2, 0.25) is 5.02 Å². The summed E-state index contributed by atoms with van der Waals surface area (Å²) in [5.74, 6) is 0.849. The summed E-state index contributed by atoms with van der Waals surface area (Å²) in [5, 5.41) is 9.66. The average Bonchev–Trinajstić information content (AvgIpc) is 2.98. The van der Waals surface area contributed by atoms with Crippen molar-refractivity contribution in [3.8, 4) is 6.07 Å². The van der Waals surface area contributed by atoms with E-state index in [-0.39, 0.29) is 11.7 Å². The Bertz CT molecular complexity index is 937. The van der Waals surface area contributed by atoms with Crippen LogP contribution >= 0.6 is 11.6 Å². The van der Waals surface area contributed by atoms with Crippen molar-refractivity contribution < 1.29 is 0 Å². The molecule has 4 rings (SSSR count). The van der Waals surface area contributed by atoms with Gasteiger partial charge in [0, 0.05) is 24.7 Å². The van der Waals surface area contributed by atoms with Gasteiger partial charge in [-0.2, -0.15) is 5.26 Å². The molecule has 1 aromatic carbocycles. The summed E-state index contributed by atoms with van der Waals surface area (Å²) in [7, 11) is 0. The van der Waals surface area contributed by atoms with Gasteiger partial charge in [0.05, 0.1) is 21.6 Å². The number of nitrogens with one attached hydrogen (secondary N) is 1. The predicted octanol–water partition coefficient (Wildman–Crippen LogP) is 4.46. The van der Waals surface area contributed by atoms with Crippen molar-refractivity contribution in [2.45, 2.75) is 64.0 Å². The van der Waals surface area contributed by atoms with E-state index in [1.807, 2.05) is 4.57 Å². The number of nitriles is 1. The highest BCUT2D eigenvalue weighted by molar-refractivity contribution is 6.32. The fraction of sp³-hybridized carbons (Fsp3) is 0.619. The molecule has 1 aromatic heterocycles. The Morgan fingerprint density at radius 3 is 2.52 bits per heavy atom. The number of fused-ring (bicyclic) bond motifs is 1. The maximum absolute atomic E-state index is 12.6. The molecule has 1 saturated heterocycles. The summed E-state index contributed by atoms with van der Waals surface area (Å²) in [6, 6.07) is 5.71. The summed E-state index contributed by atoms with van der Waals surface area (Å²) in [6.45, 7) is 6.82. The Balaban J connectivity index is 1.56. The van der Waals surface area contributed by atoms with E-state index in [1.54, 1.807) is 12.1 Å². The van der Waals surface area contributed by atoms with Crippen molar-refractivity contribution in [1.29, 1.82) is 5.26 Å². The smallest absolute Gasteiger partial charge is 0.305 e. The number of hydrogen-bond donors (Lipinski definition) is 1. The number of hydrogen-bond acceptors (Lipinski definition) is 3. The molecule has 1 N–H and O–H groups in total. The Morgan fingerprint density at radius 2 is 1.89 bits per heavy atom. The zero-order valence-corrected chi connectivity index (χ0v) is 16.9. The van der Waals surface area contributed by atoms with Crippen LogP contribution in [0.4, 0.5) is 0 Å². The van der Waals surface area contributed by atoms with Crippen molar-refractivity contribution in [2.24, 2.45) is 5.92 Å². The first-order valence-corrected chi connectivity index (χ1v) is 10.4. The van der Waals surface area contributed by atoms with Crippen LogP contribution in [-0.4, -0.2) is 33.1 Å². The second-order valence-corrected chi connectivity index (χ2v) is 9.07. The zero-order chi connectivity index (χ0) is 19.2. The van der Waals surface area contributed by atoms with Gasteiger partial charge in [0.2, 0.25) is 0 Å². The van der Waals surface area contributed by atoms with Crippen LogP contribution in [0.3, 0.4) is 0 Å². The third-order valence-electron chi connectivity index (χ3n) is 6.87. The van der Waals surface area contributed by atoms with Gasteiger partial charge in [0.15, 0.2) is 0 Å². The van der Waals surface area contributed by atoms with Crippen molar-refractivity contribution >= 4 is 22.6 Å². The summed E-state index contributed by atoms with van der Waals surface area (Å²) in [6.07, 6.45) is 7.10. The Morgan fingerprint density at radius 1 is 1.22 bits per heavy atom. The van der Waals surface area contributed by atoms with Gasteiger partial charge >= 0.3 is 5.69 Å². The maximum atomic E-state index is 12.6. The molecule has 2 aliphatic rings. The molecule has 0 amide bonds. The number of nitrogens with zero attached hydrogens (tertiary/aromatic N) is 3. The van der Waals surface area contributed by atoms with Crippen molar-refractivity contribution in [1.82, 2.24) is 14.5 Å². The van der Waals surface area contributed by atoms with Gasteiger partial charge in [-0.15, -0.1) is 0 Å². The molecule has 0 spiro atoms. The van der Waals surface area contributed by atoms with Gasteiger partial charge in [-0.3, -0.25) is 9.47 Å². The van der Waals surface area contributed by atoms with E-state index in [1.165, 1.54) is 25.7 Å². The summed E-state index contributed by atoms with van der Waals surface area (Å²) in [5.41, 5.74) is 2.12. The van der Waals surface area contributed by atoms with Gasteiger partial charge in [-0.25, -0.2) is 4.79 Å². The number of rotatable bonds is 2. The van der Waals surface area contributed by atoms with Crippen molar-refractivity contribution in [2.75, 3.05) is 13.1 Å². The van der Waals surface area contributed by atoms with Crippen LogP contribution in [0.5, 0.6) is 0 Å². The quantitative estimate of drug-likeness (QED) is 0.828. The van der Waals surface area contributed by atoms with Crippen LogP contribution in [0, 0.1) is 17.2 Å². The summed E-state index contributed by atoms with van der Waals surface area (Å²) in [4.78, 5) is 18.1. The molecule has 27 heavy (non-hydrogen) atoms. The molecule has 1 saturated carbocycles. The molecule has 2 aromatic rings. The lowest BCUT2D eigenvalue weighted by atomic mass is 9.76. The minimum Gasteiger partial charge on any atom is -0.305 e. The third kappa shape index (κ3) is 3.30. The molecule has 0 atom stereocenters. The molecule has 144 valence electrons. The molecule has 0 unspecified atom stereocenters. The monoisotopic (exact) mass is 386 g/mol. The largest absolute Gasteiger partial charge is 0.326 e. The number of aromatic nitrogens is 2. The molecular formula is C21H27ClN4O. The number of benzene rings is 1. The molecular weight excluding hydrogens is 360 g/mol. The van der Waals surface area contributed by atoms with E-state index < -0.39 is 0 Å². The van der Waals surface area contributed by atoms with Gasteiger partial charge in [0.25, 0.3) is 0 Å². The van der Waals surface area contributed by atoms with Crippen molar-refractivity contribution in [3.05, 3.63) is 33.2 Å². The lowest BCUT2D eigenvalue weighted by Crippen LogP contribution is -2.52.